The molecule has 0 saturated carbocycles. The average Bonchev–Trinajstić information content (AvgIpc) is 2.62. The molecule has 1 fully saturated rings. The zero-order valence-electron chi connectivity index (χ0n) is 13.9. The number of anilines is 2. The van der Waals surface area contributed by atoms with E-state index in [2.05, 4.69) is 5.32 Å². The molecule has 0 bridgehead atoms. The Balaban J connectivity index is 1.77. The van der Waals surface area contributed by atoms with Crippen LogP contribution in [0.25, 0.3) is 0 Å². The van der Waals surface area contributed by atoms with E-state index in [0.717, 1.165) is 17.0 Å². The van der Waals surface area contributed by atoms with E-state index >= 15 is 0 Å². The Bertz CT molecular complexity index is 864. The maximum absolute atomic E-state index is 12.4. The SMILES string of the molecule is CSc1ccccc1NC(=O)c1ccc(N2CCCCS2(=O)=O)cc1. The van der Waals surface area contributed by atoms with Crippen molar-refractivity contribution in [3.63, 3.8) is 0 Å². The van der Waals surface area contributed by atoms with Gasteiger partial charge in [0.05, 0.1) is 17.1 Å². The smallest absolute Gasteiger partial charge is 0.255 e. The number of thioether (sulfide) groups is 1. The molecule has 3 rings (SSSR count). The van der Waals surface area contributed by atoms with Gasteiger partial charge in [-0.25, -0.2) is 8.42 Å². The largest absolute Gasteiger partial charge is 0.321 e. The minimum absolute atomic E-state index is 0.181. The molecule has 1 saturated heterocycles. The van der Waals surface area contributed by atoms with Gasteiger partial charge >= 0.3 is 0 Å². The topological polar surface area (TPSA) is 66.5 Å². The van der Waals surface area contributed by atoms with Gasteiger partial charge in [-0.05, 0) is 55.5 Å². The van der Waals surface area contributed by atoms with Crippen molar-refractivity contribution < 1.29 is 13.2 Å². The maximum Gasteiger partial charge on any atom is 0.255 e. The first-order chi connectivity index (χ1) is 12.0. The fourth-order valence-corrected chi connectivity index (χ4v) is 4.99. The first-order valence-corrected chi connectivity index (χ1v) is 10.9. The highest BCUT2D eigenvalue weighted by Crippen LogP contribution is 2.26. The number of benzene rings is 2. The van der Waals surface area contributed by atoms with Gasteiger partial charge in [-0.1, -0.05) is 12.1 Å². The number of nitrogens with zero attached hydrogens (tertiary/aromatic N) is 1. The van der Waals surface area contributed by atoms with Gasteiger partial charge in [-0.3, -0.25) is 9.10 Å². The highest BCUT2D eigenvalue weighted by atomic mass is 32.2. The molecule has 1 aliphatic heterocycles. The molecule has 0 aliphatic carbocycles. The van der Waals surface area contributed by atoms with Gasteiger partial charge in [0.1, 0.15) is 0 Å². The van der Waals surface area contributed by atoms with Gasteiger partial charge in [0, 0.05) is 17.0 Å². The zero-order chi connectivity index (χ0) is 17.9. The Morgan fingerprint density at radius 2 is 1.80 bits per heavy atom. The number of carbonyl (C=O) groups is 1. The number of rotatable bonds is 4. The zero-order valence-corrected chi connectivity index (χ0v) is 15.6. The third-order valence-corrected chi connectivity index (χ3v) is 6.79. The van der Waals surface area contributed by atoms with Crippen LogP contribution in [0.2, 0.25) is 0 Å². The summed E-state index contributed by atoms with van der Waals surface area (Å²) in [6.07, 6.45) is 3.51. The summed E-state index contributed by atoms with van der Waals surface area (Å²) in [6.45, 7) is 0.495. The molecule has 2 aromatic rings. The van der Waals surface area contributed by atoms with Crippen LogP contribution in [-0.2, 0) is 10.0 Å². The summed E-state index contributed by atoms with van der Waals surface area (Å²) in [7, 11) is -3.24. The maximum atomic E-state index is 12.4. The Morgan fingerprint density at radius 1 is 1.08 bits per heavy atom. The van der Waals surface area contributed by atoms with Crippen LogP contribution >= 0.6 is 11.8 Å². The van der Waals surface area contributed by atoms with E-state index in [1.165, 1.54) is 4.31 Å². The summed E-state index contributed by atoms with van der Waals surface area (Å²) in [5.41, 5.74) is 1.87. The second-order valence-corrected chi connectivity index (χ2v) is 8.66. The van der Waals surface area contributed by atoms with Crippen molar-refractivity contribution in [2.75, 3.05) is 28.2 Å². The van der Waals surface area contributed by atoms with Gasteiger partial charge < -0.3 is 5.32 Å². The quantitative estimate of drug-likeness (QED) is 0.828. The van der Waals surface area contributed by atoms with Crippen molar-refractivity contribution in [1.82, 2.24) is 0 Å². The van der Waals surface area contributed by atoms with Crippen LogP contribution < -0.4 is 9.62 Å². The molecule has 1 heterocycles. The van der Waals surface area contributed by atoms with E-state index in [0.29, 0.717) is 24.2 Å². The molecule has 0 atom stereocenters. The molecule has 0 unspecified atom stereocenters. The van der Waals surface area contributed by atoms with E-state index in [1.54, 1.807) is 36.0 Å². The predicted molar refractivity (Wildman–Crippen MR) is 103 cm³/mol. The standard InChI is InChI=1S/C18H20N2O3S2/c1-24-17-7-3-2-6-16(17)19-18(21)14-8-10-15(11-9-14)20-12-4-5-13-25(20,22)23/h2-3,6-11H,4-5,12-13H2,1H3,(H,19,21). The first kappa shape index (κ1) is 17.8. The van der Waals surface area contributed by atoms with Crippen LogP contribution in [0.4, 0.5) is 11.4 Å². The van der Waals surface area contributed by atoms with E-state index in [9.17, 15) is 13.2 Å². The molecule has 5 nitrogen and oxygen atoms in total. The monoisotopic (exact) mass is 376 g/mol. The molecule has 132 valence electrons. The Kier molecular flexibility index (Phi) is 5.34. The summed E-state index contributed by atoms with van der Waals surface area (Å²) in [5.74, 6) is -0.0321. The normalized spacial score (nSPS) is 16.4. The molecule has 0 aromatic heterocycles. The Hall–Kier alpha value is -1.99. The fourth-order valence-electron chi connectivity index (χ4n) is 2.80. The first-order valence-electron chi connectivity index (χ1n) is 8.06. The van der Waals surface area contributed by atoms with Crippen LogP contribution in [0.3, 0.4) is 0 Å². The third-order valence-electron chi connectivity index (χ3n) is 4.12. The van der Waals surface area contributed by atoms with Crippen LogP contribution in [0.5, 0.6) is 0 Å². The van der Waals surface area contributed by atoms with Crippen LogP contribution in [0.15, 0.2) is 53.4 Å². The Labute approximate surface area is 152 Å². The number of hydrogen-bond donors (Lipinski definition) is 1. The molecule has 1 N–H and O–H groups in total. The lowest BCUT2D eigenvalue weighted by Gasteiger charge is -2.28. The molecule has 0 radical (unpaired) electrons. The van der Waals surface area contributed by atoms with Crippen LogP contribution in [0, 0.1) is 0 Å². The molecule has 7 heteroatoms. The van der Waals surface area contributed by atoms with Gasteiger partial charge in [0.2, 0.25) is 10.0 Å². The van der Waals surface area contributed by atoms with Crippen molar-refractivity contribution in [2.24, 2.45) is 0 Å². The van der Waals surface area contributed by atoms with Crippen molar-refractivity contribution in [1.29, 1.82) is 0 Å². The second-order valence-electron chi connectivity index (χ2n) is 5.80. The van der Waals surface area contributed by atoms with Crippen LogP contribution in [-0.4, -0.2) is 32.9 Å². The average molecular weight is 377 g/mol. The molecular formula is C18H20N2O3S2. The molecule has 0 spiro atoms. The summed E-state index contributed by atoms with van der Waals surface area (Å²) in [4.78, 5) is 13.4. The van der Waals surface area contributed by atoms with Gasteiger partial charge in [0.15, 0.2) is 0 Å². The third kappa shape index (κ3) is 3.99. The van der Waals surface area contributed by atoms with Gasteiger partial charge in [-0.15, -0.1) is 11.8 Å². The second kappa shape index (κ2) is 7.49. The Morgan fingerprint density at radius 3 is 2.48 bits per heavy atom. The number of para-hydroxylation sites is 1. The van der Waals surface area contributed by atoms with Crippen molar-refractivity contribution in [3.05, 3.63) is 54.1 Å². The molecular weight excluding hydrogens is 356 g/mol. The summed E-state index contributed by atoms with van der Waals surface area (Å²) >= 11 is 1.57. The predicted octanol–water partition coefficient (Wildman–Crippen LogP) is 3.59. The minimum Gasteiger partial charge on any atom is -0.321 e. The highest BCUT2D eigenvalue weighted by Gasteiger charge is 2.26. The molecule has 2 aromatic carbocycles. The fraction of sp³-hybridized carbons (Fsp3) is 0.278. The molecule has 25 heavy (non-hydrogen) atoms. The lowest BCUT2D eigenvalue weighted by Crippen LogP contribution is -2.37. The summed E-state index contributed by atoms with van der Waals surface area (Å²) < 4.78 is 25.7. The van der Waals surface area contributed by atoms with E-state index < -0.39 is 10.0 Å². The number of sulfonamides is 1. The lowest BCUT2D eigenvalue weighted by atomic mass is 10.2. The lowest BCUT2D eigenvalue weighted by molar-refractivity contribution is 0.102. The number of carbonyl (C=O) groups excluding carboxylic acids is 1. The summed E-state index contributed by atoms with van der Waals surface area (Å²) in [6, 6.07) is 14.3. The highest BCUT2D eigenvalue weighted by molar-refractivity contribution is 7.98. The van der Waals surface area contributed by atoms with Crippen molar-refractivity contribution in [2.45, 2.75) is 17.7 Å². The van der Waals surface area contributed by atoms with Crippen LogP contribution in [0.1, 0.15) is 23.2 Å². The molecule has 1 amide bonds. The number of nitrogens with one attached hydrogen (secondary N) is 1. The van der Waals surface area contributed by atoms with E-state index in [1.807, 2.05) is 30.5 Å². The summed E-state index contributed by atoms with van der Waals surface area (Å²) in [5, 5.41) is 2.90. The van der Waals surface area contributed by atoms with Crippen molar-refractivity contribution in [3.8, 4) is 0 Å². The van der Waals surface area contributed by atoms with Gasteiger partial charge in [0.25, 0.3) is 5.91 Å². The van der Waals surface area contributed by atoms with Gasteiger partial charge in [-0.2, -0.15) is 0 Å². The van der Waals surface area contributed by atoms with E-state index in [-0.39, 0.29) is 11.7 Å². The number of hydrogen-bond acceptors (Lipinski definition) is 4. The molecule has 1 aliphatic rings. The minimum atomic E-state index is -3.24. The van der Waals surface area contributed by atoms with Crippen molar-refractivity contribution >= 4 is 39.1 Å². The number of amides is 1. The van der Waals surface area contributed by atoms with E-state index in [4.69, 9.17) is 0 Å².